The van der Waals surface area contributed by atoms with Crippen LogP contribution in [0.1, 0.15) is 69.4 Å². The van der Waals surface area contributed by atoms with Crippen molar-refractivity contribution in [3.05, 3.63) is 159 Å². The van der Waals surface area contributed by atoms with E-state index in [1.54, 1.807) is 0 Å². The van der Waals surface area contributed by atoms with E-state index in [1.165, 1.54) is 10.4 Å². The minimum Gasteiger partial charge on any atom is -0.491 e. The number of benzene rings is 5. The Balaban J connectivity index is 1.46. The lowest BCUT2D eigenvalue weighted by atomic mass is 9.83. The second kappa shape index (κ2) is 19.6. The molecule has 5 aromatic rings. The molecule has 9 heteroatoms. The third-order valence-corrected chi connectivity index (χ3v) is 17.3. The molecule has 1 aliphatic rings. The van der Waals surface area contributed by atoms with Gasteiger partial charge in [-0.05, 0) is 60.5 Å². The molecule has 1 aliphatic heterocycles. The lowest BCUT2D eigenvalue weighted by molar-refractivity contribution is -0.235. The number of hydrogen-bond donors (Lipinski definition) is 0. The highest BCUT2D eigenvalue weighted by Gasteiger charge is 2.51. The van der Waals surface area contributed by atoms with Crippen molar-refractivity contribution in [2.24, 2.45) is 5.92 Å². The zero-order valence-electron chi connectivity index (χ0n) is 32.9. The van der Waals surface area contributed by atoms with Crippen LogP contribution in [0.2, 0.25) is 10.1 Å². The fraction of sp³-hybridized carbons (Fsp3) is 0.362. The van der Waals surface area contributed by atoms with E-state index in [9.17, 15) is 0 Å². The molecule has 0 bridgehead atoms. The molecule has 296 valence electrons. The van der Waals surface area contributed by atoms with Crippen molar-refractivity contribution in [2.45, 2.75) is 90.3 Å². The molecule has 0 radical (unpaired) electrons. The molecule has 0 N–H and O–H groups in total. The highest BCUT2D eigenvalue weighted by Crippen LogP contribution is 2.48. The van der Waals surface area contributed by atoms with E-state index >= 15 is 0 Å². The number of hydrogen-bond acceptors (Lipinski definition) is 5. The standard InChI is InChI=1S/C47H53BrCl2O5Si/c1-6-40-33(2)43(52-30-34-19-11-7-12-20-34)46(53-31-35-21-13-8-14-22-35)45(55-40)39-29-36(42(50)41(48)44(39)51-28-27-49)32-54-56(47(3,4)5,37-23-15-9-16-24-37)38-25-17-10-18-26-38/h7-26,29,33,40,43,45-46H,6,27-28,30-32H2,1-5H3/t33-,40-,43+,45?,46-/m1/s1. The molecule has 56 heavy (non-hydrogen) atoms. The average Bonchev–Trinajstić information content (AvgIpc) is 3.22. The summed E-state index contributed by atoms with van der Waals surface area (Å²) in [7, 11) is -2.91. The van der Waals surface area contributed by atoms with Crippen molar-refractivity contribution in [1.29, 1.82) is 0 Å². The van der Waals surface area contributed by atoms with Crippen molar-refractivity contribution in [3.63, 3.8) is 0 Å². The molecule has 0 amide bonds. The summed E-state index contributed by atoms with van der Waals surface area (Å²) in [5.41, 5.74) is 3.79. The summed E-state index contributed by atoms with van der Waals surface area (Å²) in [5.74, 6) is 0.926. The first kappa shape index (κ1) is 42.6. The lowest BCUT2D eigenvalue weighted by Gasteiger charge is -2.46. The summed E-state index contributed by atoms with van der Waals surface area (Å²) in [4.78, 5) is 0. The van der Waals surface area contributed by atoms with E-state index in [-0.39, 0.29) is 36.4 Å². The van der Waals surface area contributed by atoms with Crippen molar-refractivity contribution < 1.29 is 23.4 Å². The zero-order valence-corrected chi connectivity index (χ0v) is 37.0. The van der Waals surface area contributed by atoms with Gasteiger partial charge < -0.3 is 23.4 Å². The number of rotatable bonds is 16. The maximum atomic E-state index is 7.43. The van der Waals surface area contributed by atoms with E-state index in [4.69, 9.17) is 46.6 Å². The average molecular weight is 877 g/mol. The van der Waals surface area contributed by atoms with Crippen LogP contribution >= 0.6 is 39.1 Å². The van der Waals surface area contributed by atoms with Crippen LogP contribution in [-0.4, -0.2) is 39.1 Å². The van der Waals surface area contributed by atoms with Crippen molar-refractivity contribution in [1.82, 2.24) is 0 Å². The Morgan fingerprint density at radius 1 is 0.732 bits per heavy atom. The molecule has 6 rings (SSSR count). The first-order chi connectivity index (χ1) is 27.1. The molecule has 5 atom stereocenters. The minimum atomic E-state index is -2.91. The van der Waals surface area contributed by atoms with E-state index in [2.05, 4.69) is 142 Å². The molecule has 5 nitrogen and oxygen atoms in total. The summed E-state index contributed by atoms with van der Waals surface area (Å²) < 4.78 is 35.4. The molecular weight excluding hydrogens is 823 g/mol. The molecular formula is C47H53BrCl2O5Si. The smallest absolute Gasteiger partial charge is 0.261 e. The molecule has 0 aliphatic carbocycles. The van der Waals surface area contributed by atoms with Gasteiger partial charge in [0, 0.05) is 11.5 Å². The van der Waals surface area contributed by atoms with Gasteiger partial charge in [-0.2, -0.15) is 0 Å². The van der Waals surface area contributed by atoms with E-state index < -0.39 is 20.5 Å². The van der Waals surface area contributed by atoms with E-state index in [0.717, 1.165) is 28.7 Å². The Labute approximate surface area is 352 Å². The third-order valence-electron chi connectivity index (χ3n) is 10.8. The van der Waals surface area contributed by atoms with Crippen LogP contribution in [0.15, 0.2) is 132 Å². The van der Waals surface area contributed by atoms with Gasteiger partial charge in [0.15, 0.2) is 0 Å². The van der Waals surface area contributed by atoms with Crippen LogP contribution < -0.4 is 15.1 Å². The Hall–Kier alpha value is -2.98. The Bertz CT molecular complexity index is 1920. The molecule has 0 aromatic heterocycles. The maximum Gasteiger partial charge on any atom is 0.261 e. The maximum absolute atomic E-state index is 7.43. The van der Waals surface area contributed by atoms with Crippen LogP contribution in [-0.2, 0) is 38.5 Å². The SMILES string of the molecule is CC[C@H]1OC(c2cc(CO[Si](c3ccccc3)(c3ccccc3)C(C)(C)C)c(Cl)c(Br)c2OCCCl)[C@H](OCc2ccccc2)[C@@H](OCc2ccccc2)[C@@H]1C. The number of ether oxygens (including phenoxy) is 4. The van der Waals surface area contributed by atoms with E-state index in [0.29, 0.717) is 34.3 Å². The van der Waals surface area contributed by atoms with Crippen LogP contribution in [0.25, 0.3) is 0 Å². The molecule has 1 heterocycles. The lowest BCUT2D eigenvalue weighted by Crippen LogP contribution is -2.66. The van der Waals surface area contributed by atoms with Gasteiger partial charge >= 0.3 is 0 Å². The summed E-state index contributed by atoms with van der Waals surface area (Å²) in [6.07, 6.45) is -0.663. The van der Waals surface area contributed by atoms with Gasteiger partial charge in [-0.3, -0.25) is 0 Å². The van der Waals surface area contributed by atoms with Crippen LogP contribution in [0, 0.1) is 5.92 Å². The fourth-order valence-corrected chi connectivity index (χ4v) is 13.4. The molecule has 5 aromatic carbocycles. The number of halogens is 3. The number of alkyl halides is 1. The molecule has 1 unspecified atom stereocenters. The molecule has 1 fully saturated rings. The second-order valence-corrected chi connectivity index (χ2v) is 21.3. The predicted octanol–water partition coefficient (Wildman–Crippen LogP) is 11.5. The topological polar surface area (TPSA) is 46.2 Å². The van der Waals surface area contributed by atoms with Crippen LogP contribution in [0.4, 0.5) is 0 Å². The first-order valence-corrected chi connectivity index (χ1v) is 23.1. The predicted molar refractivity (Wildman–Crippen MR) is 235 cm³/mol. The Morgan fingerprint density at radius 2 is 1.23 bits per heavy atom. The van der Waals surface area contributed by atoms with Gasteiger partial charge in [0.05, 0.1) is 47.4 Å². The minimum absolute atomic E-state index is 0.0432. The van der Waals surface area contributed by atoms with Crippen molar-refractivity contribution >= 4 is 57.8 Å². The molecule has 0 spiro atoms. The molecule has 0 saturated carbocycles. The highest BCUT2D eigenvalue weighted by molar-refractivity contribution is 9.10. The zero-order chi connectivity index (χ0) is 39.7. The van der Waals surface area contributed by atoms with E-state index in [1.807, 2.05) is 36.4 Å². The monoisotopic (exact) mass is 874 g/mol. The van der Waals surface area contributed by atoms with Gasteiger partial charge in [-0.1, -0.05) is 168 Å². The fourth-order valence-electron chi connectivity index (χ4n) is 7.99. The largest absolute Gasteiger partial charge is 0.491 e. The van der Waals surface area contributed by atoms with Crippen LogP contribution in [0.5, 0.6) is 5.75 Å². The summed E-state index contributed by atoms with van der Waals surface area (Å²) >= 11 is 17.4. The first-order valence-electron chi connectivity index (χ1n) is 19.5. The summed E-state index contributed by atoms with van der Waals surface area (Å²) in [6, 6.07) is 43.8. The van der Waals surface area contributed by atoms with Crippen molar-refractivity contribution in [2.75, 3.05) is 12.5 Å². The van der Waals surface area contributed by atoms with Crippen molar-refractivity contribution in [3.8, 4) is 5.75 Å². The second-order valence-electron chi connectivity index (χ2n) is 15.5. The summed E-state index contributed by atoms with van der Waals surface area (Å²) in [6.45, 7) is 12.6. The third kappa shape index (κ3) is 9.48. The molecule has 1 saturated heterocycles. The van der Waals surface area contributed by atoms with Crippen LogP contribution in [0.3, 0.4) is 0 Å². The normalized spacial score (nSPS) is 20.2. The van der Waals surface area contributed by atoms with Gasteiger partial charge in [0.2, 0.25) is 0 Å². The van der Waals surface area contributed by atoms with Gasteiger partial charge in [0.25, 0.3) is 8.32 Å². The van der Waals surface area contributed by atoms with Gasteiger partial charge in [-0.15, -0.1) is 11.6 Å². The summed E-state index contributed by atoms with van der Waals surface area (Å²) in [5, 5.41) is 2.69. The van der Waals surface area contributed by atoms with Gasteiger partial charge in [0.1, 0.15) is 24.6 Å². The highest BCUT2D eigenvalue weighted by atomic mass is 79.9. The Morgan fingerprint density at radius 3 is 1.71 bits per heavy atom. The quantitative estimate of drug-likeness (QED) is 0.0730. The Kier molecular flexibility index (Phi) is 15.0. The van der Waals surface area contributed by atoms with Gasteiger partial charge in [-0.25, -0.2) is 0 Å².